The van der Waals surface area contributed by atoms with E-state index in [1.165, 1.54) is 5.56 Å². The van der Waals surface area contributed by atoms with E-state index in [-0.39, 0.29) is 24.2 Å². The number of benzene rings is 1. The molecular formula is C14H19NO2. The lowest BCUT2D eigenvalue weighted by Crippen LogP contribution is -2.32. The Kier molecular flexibility index (Phi) is 4.88. The maximum absolute atomic E-state index is 11.6. The Morgan fingerprint density at radius 2 is 1.76 bits per heavy atom. The molecule has 0 atom stereocenters. The van der Waals surface area contributed by atoms with E-state index < -0.39 is 0 Å². The molecule has 17 heavy (non-hydrogen) atoms. The summed E-state index contributed by atoms with van der Waals surface area (Å²) in [6.45, 7) is 5.79. The highest BCUT2D eigenvalue weighted by molar-refractivity contribution is 5.87. The average molecular weight is 233 g/mol. The molecule has 1 rings (SSSR count). The lowest BCUT2D eigenvalue weighted by atomic mass is 10.1. The molecular weight excluding hydrogens is 214 g/mol. The van der Waals surface area contributed by atoms with Crippen molar-refractivity contribution in [1.29, 1.82) is 0 Å². The zero-order chi connectivity index (χ0) is 12.8. The molecule has 0 aliphatic rings. The fourth-order valence-corrected chi connectivity index (χ4v) is 1.34. The summed E-state index contributed by atoms with van der Waals surface area (Å²) in [5.74, 6) is -0.0835. The van der Waals surface area contributed by atoms with Crippen LogP contribution in [0.4, 0.5) is 0 Å². The predicted octanol–water partition coefficient (Wildman–Crippen LogP) is 1.88. The van der Waals surface area contributed by atoms with E-state index in [1.54, 1.807) is 0 Å². The minimum absolute atomic E-state index is 0.0327. The molecule has 0 aliphatic heterocycles. The van der Waals surface area contributed by atoms with Crippen molar-refractivity contribution in [1.82, 2.24) is 5.32 Å². The Bertz CT molecular complexity index is 393. The molecule has 0 radical (unpaired) electrons. The molecule has 0 fully saturated rings. The van der Waals surface area contributed by atoms with Crippen LogP contribution in [0, 0.1) is 12.8 Å². The highest BCUT2D eigenvalue weighted by atomic mass is 16.2. The quantitative estimate of drug-likeness (QED) is 0.844. The Morgan fingerprint density at radius 1 is 1.18 bits per heavy atom. The monoisotopic (exact) mass is 233 g/mol. The van der Waals surface area contributed by atoms with Crippen molar-refractivity contribution in [3.8, 4) is 0 Å². The van der Waals surface area contributed by atoms with E-state index in [4.69, 9.17) is 0 Å². The number of hydrogen-bond donors (Lipinski definition) is 1. The number of aryl methyl sites for hydroxylation is 1. The number of rotatable bonds is 5. The molecule has 0 unspecified atom stereocenters. The van der Waals surface area contributed by atoms with Gasteiger partial charge in [0.1, 0.15) is 0 Å². The molecule has 0 aromatic heterocycles. The summed E-state index contributed by atoms with van der Waals surface area (Å²) < 4.78 is 0. The summed E-state index contributed by atoms with van der Waals surface area (Å²) in [4.78, 5) is 22.9. The second-order valence-corrected chi connectivity index (χ2v) is 4.56. The third-order valence-electron chi connectivity index (χ3n) is 2.59. The second kappa shape index (κ2) is 6.18. The standard InChI is InChI=1S/C14H19NO2/c1-10(2)13(16)9-15-14(17)8-12-6-4-11(3)5-7-12/h4-7,10H,8-9H2,1-3H3,(H,15,17). The Hall–Kier alpha value is -1.64. The number of carbonyl (C=O) groups excluding carboxylic acids is 2. The van der Waals surface area contributed by atoms with Gasteiger partial charge < -0.3 is 5.32 Å². The van der Waals surface area contributed by atoms with Gasteiger partial charge in [-0.3, -0.25) is 9.59 Å². The van der Waals surface area contributed by atoms with Crippen molar-refractivity contribution in [3.05, 3.63) is 35.4 Å². The Labute approximate surface area is 102 Å². The van der Waals surface area contributed by atoms with E-state index in [0.717, 1.165) is 5.56 Å². The first kappa shape index (κ1) is 13.4. The SMILES string of the molecule is Cc1ccc(CC(=O)NCC(=O)C(C)C)cc1. The number of ketones is 1. The molecule has 0 heterocycles. The van der Waals surface area contributed by atoms with Crippen molar-refractivity contribution < 1.29 is 9.59 Å². The minimum Gasteiger partial charge on any atom is -0.349 e. The number of amides is 1. The Balaban J connectivity index is 2.40. The third kappa shape index (κ3) is 4.81. The van der Waals surface area contributed by atoms with Gasteiger partial charge in [-0.2, -0.15) is 0 Å². The van der Waals surface area contributed by atoms with E-state index in [2.05, 4.69) is 5.32 Å². The van der Waals surface area contributed by atoms with Gasteiger partial charge in [0.15, 0.2) is 5.78 Å². The normalized spacial score (nSPS) is 10.4. The van der Waals surface area contributed by atoms with Crippen molar-refractivity contribution in [2.45, 2.75) is 27.2 Å². The lowest BCUT2D eigenvalue weighted by Gasteiger charge is -2.06. The topological polar surface area (TPSA) is 46.2 Å². The largest absolute Gasteiger partial charge is 0.349 e. The second-order valence-electron chi connectivity index (χ2n) is 4.56. The molecule has 1 N–H and O–H groups in total. The number of carbonyl (C=O) groups is 2. The van der Waals surface area contributed by atoms with Gasteiger partial charge in [0, 0.05) is 5.92 Å². The molecule has 3 nitrogen and oxygen atoms in total. The lowest BCUT2D eigenvalue weighted by molar-refractivity contribution is -0.126. The van der Waals surface area contributed by atoms with Crippen LogP contribution in [-0.4, -0.2) is 18.2 Å². The maximum Gasteiger partial charge on any atom is 0.224 e. The predicted molar refractivity (Wildman–Crippen MR) is 67.7 cm³/mol. The van der Waals surface area contributed by atoms with Crippen LogP contribution in [0.15, 0.2) is 24.3 Å². The highest BCUT2D eigenvalue weighted by Crippen LogP contribution is 2.03. The van der Waals surface area contributed by atoms with Gasteiger partial charge in [-0.05, 0) is 12.5 Å². The molecule has 0 aliphatic carbocycles. The summed E-state index contributed by atoms with van der Waals surface area (Å²) >= 11 is 0. The third-order valence-corrected chi connectivity index (χ3v) is 2.59. The average Bonchev–Trinajstić information content (AvgIpc) is 2.29. The van der Waals surface area contributed by atoms with Gasteiger partial charge in [-0.15, -0.1) is 0 Å². The van der Waals surface area contributed by atoms with Gasteiger partial charge in [0.25, 0.3) is 0 Å². The van der Waals surface area contributed by atoms with Gasteiger partial charge in [0.2, 0.25) is 5.91 Å². The highest BCUT2D eigenvalue weighted by Gasteiger charge is 2.09. The molecule has 0 saturated carbocycles. The summed E-state index contributed by atoms with van der Waals surface area (Å²) in [6, 6.07) is 7.81. The van der Waals surface area contributed by atoms with Crippen LogP contribution in [0.5, 0.6) is 0 Å². The fraction of sp³-hybridized carbons (Fsp3) is 0.429. The van der Waals surface area contributed by atoms with Crippen LogP contribution < -0.4 is 5.32 Å². The number of hydrogen-bond acceptors (Lipinski definition) is 2. The maximum atomic E-state index is 11.6. The smallest absolute Gasteiger partial charge is 0.224 e. The zero-order valence-corrected chi connectivity index (χ0v) is 10.6. The summed E-state index contributed by atoms with van der Waals surface area (Å²) in [5.41, 5.74) is 2.13. The van der Waals surface area contributed by atoms with Crippen LogP contribution in [0.1, 0.15) is 25.0 Å². The number of Topliss-reactive ketones (excluding diaryl/α,β-unsaturated/α-hetero) is 1. The molecule has 0 saturated heterocycles. The van der Waals surface area contributed by atoms with Gasteiger partial charge in [-0.1, -0.05) is 43.7 Å². The van der Waals surface area contributed by atoms with Crippen molar-refractivity contribution in [2.24, 2.45) is 5.92 Å². The summed E-state index contributed by atoms with van der Waals surface area (Å²) in [6.07, 6.45) is 0.325. The van der Waals surface area contributed by atoms with Crippen molar-refractivity contribution in [3.63, 3.8) is 0 Å². The van der Waals surface area contributed by atoms with E-state index in [1.807, 2.05) is 45.0 Å². The van der Waals surface area contributed by atoms with Crippen LogP contribution >= 0.6 is 0 Å². The van der Waals surface area contributed by atoms with E-state index >= 15 is 0 Å². The van der Waals surface area contributed by atoms with Crippen LogP contribution in [-0.2, 0) is 16.0 Å². The molecule has 1 aromatic rings. The van der Waals surface area contributed by atoms with Crippen molar-refractivity contribution >= 4 is 11.7 Å². The molecule has 3 heteroatoms. The van der Waals surface area contributed by atoms with Crippen LogP contribution in [0.25, 0.3) is 0 Å². The van der Waals surface area contributed by atoms with E-state index in [9.17, 15) is 9.59 Å². The van der Waals surface area contributed by atoms with Gasteiger partial charge in [0.05, 0.1) is 13.0 Å². The minimum atomic E-state index is -0.108. The summed E-state index contributed by atoms with van der Waals surface area (Å²) in [7, 11) is 0. The molecule has 1 aromatic carbocycles. The zero-order valence-electron chi connectivity index (χ0n) is 10.6. The van der Waals surface area contributed by atoms with Crippen LogP contribution in [0.3, 0.4) is 0 Å². The molecule has 0 bridgehead atoms. The number of nitrogens with one attached hydrogen (secondary N) is 1. The summed E-state index contributed by atoms with van der Waals surface area (Å²) in [5, 5.41) is 2.64. The van der Waals surface area contributed by atoms with E-state index in [0.29, 0.717) is 6.42 Å². The molecule has 0 spiro atoms. The first-order chi connectivity index (χ1) is 7.99. The van der Waals surface area contributed by atoms with Gasteiger partial charge in [-0.25, -0.2) is 0 Å². The Morgan fingerprint density at radius 3 is 2.29 bits per heavy atom. The van der Waals surface area contributed by atoms with Gasteiger partial charge >= 0.3 is 0 Å². The molecule has 1 amide bonds. The first-order valence-electron chi connectivity index (χ1n) is 5.84. The fourth-order valence-electron chi connectivity index (χ4n) is 1.34. The molecule has 92 valence electrons. The van der Waals surface area contributed by atoms with Crippen LogP contribution in [0.2, 0.25) is 0 Å². The first-order valence-corrected chi connectivity index (χ1v) is 5.84. The van der Waals surface area contributed by atoms with Crippen molar-refractivity contribution in [2.75, 3.05) is 6.54 Å².